The summed E-state index contributed by atoms with van der Waals surface area (Å²) in [7, 11) is 4.26. The van der Waals surface area contributed by atoms with Gasteiger partial charge in [0.1, 0.15) is 0 Å². The molecule has 2 rings (SSSR count). The van der Waals surface area contributed by atoms with Crippen molar-refractivity contribution in [3.05, 3.63) is 33.8 Å². The van der Waals surface area contributed by atoms with Crippen LogP contribution in [0.25, 0.3) is 0 Å². The fourth-order valence-corrected chi connectivity index (χ4v) is 3.67. The number of hydrogen-bond donors (Lipinski definition) is 1. The van der Waals surface area contributed by atoms with Crippen LogP contribution in [-0.4, -0.2) is 25.0 Å². The predicted molar refractivity (Wildman–Crippen MR) is 89.8 cm³/mol. The SMILES string of the molecule is CNCc1ccc(CN(C)C2CCC(C)CC2)c(Br)c1. The fraction of sp³-hybridized carbons (Fsp3) is 0.647. The molecule has 0 radical (unpaired) electrons. The molecule has 1 N–H and O–H groups in total. The Balaban J connectivity index is 1.95. The Labute approximate surface area is 132 Å². The van der Waals surface area contributed by atoms with Crippen molar-refractivity contribution in [3.8, 4) is 0 Å². The van der Waals surface area contributed by atoms with E-state index in [9.17, 15) is 0 Å². The molecule has 0 saturated heterocycles. The van der Waals surface area contributed by atoms with Crippen LogP contribution in [0.15, 0.2) is 22.7 Å². The molecule has 0 atom stereocenters. The summed E-state index contributed by atoms with van der Waals surface area (Å²) in [6.07, 6.45) is 5.48. The van der Waals surface area contributed by atoms with Gasteiger partial charge in [-0.1, -0.05) is 35.0 Å². The Kier molecular flexibility index (Phi) is 6.06. The number of nitrogens with one attached hydrogen (secondary N) is 1. The van der Waals surface area contributed by atoms with Gasteiger partial charge in [0.05, 0.1) is 0 Å². The number of hydrogen-bond acceptors (Lipinski definition) is 2. The lowest BCUT2D eigenvalue weighted by atomic mass is 9.86. The highest BCUT2D eigenvalue weighted by Crippen LogP contribution is 2.28. The van der Waals surface area contributed by atoms with Crippen molar-refractivity contribution >= 4 is 15.9 Å². The summed E-state index contributed by atoms with van der Waals surface area (Å²) in [5.74, 6) is 0.923. The smallest absolute Gasteiger partial charge is 0.0244 e. The van der Waals surface area contributed by atoms with Crippen LogP contribution in [0.4, 0.5) is 0 Å². The van der Waals surface area contributed by atoms with E-state index in [1.165, 1.54) is 41.3 Å². The van der Waals surface area contributed by atoms with Crippen molar-refractivity contribution in [2.24, 2.45) is 5.92 Å². The Morgan fingerprint density at radius 2 is 1.95 bits per heavy atom. The molecular weight excluding hydrogens is 312 g/mol. The second-order valence-corrected chi connectivity index (χ2v) is 7.14. The third kappa shape index (κ3) is 4.31. The monoisotopic (exact) mass is 338 g/mol. The third-order valence-corrected chi connectivity index (χ3v) is 5.27. The van der Waals surface area contributed by atoms with Crippen molar-refractivity contribution in [2.45, 2.75) is 51.7 Å². The van der Waals surface area contributed by atoms with Crippen LogP contribution in [0.2, 0.25) is 0 Å². The normalized spacial score (nSPS) is 23.2. The van der Waals surface area contributed by atoms with Crippen molar-refractivity contribution in [1.82, 2.24) is 10.2 Å². The second-order valence-electron chi connectivity index (χ2n) is 6.28. The van der Waals surface area contributed by atoms with Crippen LogP contribution in [0.3, 0.4) is 0 Å². The van der Waals surface area contributed by atoms with Gasteiger partial charge in [-0.25, -0.2) is 0 Å². The van der Waals surface area contributed by atoms with E-state index in [-0.39, 0.29) is 0 Å². The lowest BCUT2D eigenvalue weighted by Crippen LogP contribution is -2.34. The van der Waals surface area contributed by atoms with E-state index in [1.807, 2.05) is 7.05 Å². The van der Waals surface area contributed by atoms with Crippen molar-refractivity contribution in [3.63, 3.8) is 0 Å². The molecule has 112 valence electrons. The van der Waals surface area contributed by atoms with Gasteiger partial charge in [-0.3, -0.25) is 4.90 Å². The molecule has 1 aliphatic rings. The molecule has 2 nitrogen and oxygen atoms in total. The van der Waals surface area contributed by atoms with Crippen LogP contribution in [0.1, 0.15) is 43.7 Å². The zero-order chi connectivity index (χ0) is 14.5. The first kappa shape index (κ1) is 16.0. The van der Waals surface area contributed by atoms with E-state index in [0.717, 1.165) is 25.0 Å². The zero-order valence-corrected chi connectivity index (χ0v) is 14.5. The van der Waals surface area contributed by atoms with E-state index in [2.05, 4.69) is 58.3 Å². The molecule has 1 aromatic carbocycles. The minimum atomic E-state index is 0.759. The summed E-state index contributed by atoms with van der Waals surface area (Å²) in [6, 6.07) is 7.49. The molecule has 1 fully saturated rings. The molecule has 1 aromatic rings. The van der Waals surface area contributed by atoms with Gasteiger partial charge >= 0.3 is 0 Å². The molecule has 0 aliphatic heterocycles. The van der Waals surface area contributed by atoms with Crippen LogP contribution in [-0.2, 0) is 13.1 Å². The first-order valence-electron chi connectivity index (χ1n) is 7.72. The molecule has 0 amide bonds. The van der Waals surface area contributed by atoms with Crippen LogP contribution < -0.4 is 5.32 Å². The molecule has 0 aromatic heterocycles. The highest BCUT2D eigenvalue weighted by molar-refractivity contribution is 9.10. The Hall–Kier alpha value is -0.380. The van der Waals surface area contributed by atoms with Crippen LogP contribution in [0.5, 0.6) is 0 Å². The van der Waals surface area contributed by atoms with Crippen LogP contribution >= 0.6 is 15.9 Å². The summed E-state index contributed by atoms with van der Waals surface area (Å²) < 4.78 is 1.24. The van der Waals surface area contributed by atoms with Gasteiger partial charge in [-0.15, -0.1) is 0 Å². The molecule has 3 heteroatoms. The highest BCUT2D eigenvalue weighted by atomic mass is 79.9. The maximum absolute atomic E-state index is 3.72. The first-order chi connectivity index (χ1) is 9.60. The van der Waals surface area contributed by atoms with E-state index in [1.54, 1.807) is 0 Å². The molecule has 0 unspecified atom stereocenters. The third-order valence-electron chi connectivity index (χ3n) is 4.53. The van der Waals surface area contributed by atoms with Crippen LogP contribution in [0, 0.1) is 5.92 Å². The molecule has 0 spiro atoms. The van der Waals surface area contributed by atoms with Gasteiger partial charge in [0.25, 0.3) is 0 Å². The zero-order valence-electron chi connectivity index (χ0n) is 13.0. The molecule has 1 aliphatic carbocycles. The Morgan fingerprint density at radius 1 is 1.25 bits per heavy atom. The fourth-order valence-electron chi connectivity index (χ4n) is 3.11. The average Bonchev–Trinajstić information content (AvgIpc) is 2.43. The second kappa shape index (κ2) is 7.58. The van der Waals surface area contributed by atoms with Gasteiger partial charge < -0.3 is 5.32 Å². The van der Waals surface area contributed by atoms with E-state index in [4.69, 9.17) is 0 Å². The van der Waals surface area contributed by atoms with E-state index in [0.29, 0.717) is 0 Å². The van der Waals surface area contributed by atoms with E-state index >= 15 is 0 Å². The van der Waals surface area contributed by atoms with Crippen molar-refractivity contribution < 1.29 is 0 Å². The number of benzene rings is 1. The number of rotatable bonds is 5. The summed E-state index contributed by atoms with van der Waals surface area (Å²) in [5, 5.41) is 3.20. The first-order valence-corrected chi connectivity index (χ1v) is 8.51. The molecule has 0 heterocycles. The molecule has 20 heavy (non-hydrogen) atoms. The quantitative estimate of drug-likeness (QED) is 0.866. The largest absolute Gasteiger partial charge is 0.316 e. The Morgan fingerprint density at radius 3 is 2.55 bits per heavy atom. The number of halogens is 1. The van der Waals surface area contributed by atoms with Gasteiger partial charge in [-0.2, -0.15) is 0 Å². The van der Waals surface area contributed by atoms with Gasteiger partial charge in [0.2, 0.25) is 0 Å². The molecular formula is C17H27BrN2. The summed E-state index contributed by atoms with van der Waals surface area (Å²) >= 11 is 3.72. The van der Waals surface area contributed by atoms with E-state index < -0.39 is 0 Å². The lowest BCUT2D eigenvalue weighted by molar-refractivity contribution is 0.163. The topological polar surface area (TPSA) is 15.3 Å². The lowest BCUT2D eigenvalue weighted by Gasteiger charge is -2.33. The maximum atomic E-state index is 3.72. The van der Waals surface area contributed by atoms with Crippen molar-refractivity contribution in [1.29, 1.82) is 0 Å². The standard InChI is InChI=1S/C17H27BrN2/c1-13-4-8-16(9-5-13)20(3)12-15-7-6-14(11-19-2)10-17(15)18/h6-7,10,13,16,19H,4-5,8-9,11-12H2,1-3H3. The number of nitrogens with zero attached hydrogens (tertiary/aromatic N) is 1. The average molecular weight is 339 g/mol. The summed E-state index contributed by atoms with van der Waals surface area (Å²) in [5.41, 5.74) is 2.73. The highest BCUT2D eigenvalue weighted by Gasteiger charge is 2.21. The molecule has 0 bridgehead atoms. The summed E-state index contributed by atoms with van der Waals surface area (Å²) in [4.78, 5) is 2.53. The predicted octanol–water partition coefficient (Wildman–Crippen LogP) is 4.18. The van der Waals surface area contributed by atoms with Gasteiger partial charge in [-0.05, 0) is 62.9 Å². The molecule has 1 saturated carbocycles. The van der Waals surface area contributed by atoms with Crippen molar-refractivity contribution in [2.75, 3.05) is 14.1 Å². The minimum absolute atomic E-state index is 0.759. The Bertz CT molecular complexity index is 425. The van der Waals surface area contributed by atoms with Gasteiger partial charge in [0, 0.05) is 23.6 Å². The maximum Gasteiger partial charge on any atom is 0.0244 e. The van der Waals surface area contributed by atoms with Gasteiger partial charge in [0.15, 0.2) is 0 Å². The summed E-state index contributed by atoms with van der Waals surface area (Å²) in [6.45, 7) is 4.35. The minimum Gasteiger partial charge on any atom is -0.316 e.